The van der Waals surface area contributed by atoms with E-state index in [1.807, 2.05) is 6.92 Å². The summed E-state index contributed by atoms with van der Waals surface area (Å²) >= 11 is 0. The number of benzene rings is 2. The van der Waals surface area contributed by atoms with Crippen LogP contribution < -0.4 is 4.74 Å². The van der Waals surface area contributed by atoms with Crippen LogP contribution in [-0.2, 0) is 9.84 Å². The van der Waals surface area contributed by atoms with Gasteiger partial charge in [-0.05, 0) is 43.3 Å². The Bertz CT molecular complexity index is 767. The molecule has 0 saturated heterocycles. The molecule has 0 heterocycles. The van der Waals surface area contributed by atoms with E-state index in [-0.39, 0.29) is 5.56 Å². The minimum atomic E-state index is -4.01. The summed E-state index contributed by atoms with van der Waals surface area (Å²) in [5, 5.41) is 0. The molecule has 0 amide bonds. The third-order valence-electron chi connectivity index (χ3n) is 2.98. The number of halogens is 1. The summed E-state index contributed by atoms with van der Waals surface area (Å²) in [5.41, 5.74) is 0.239. The van der Waals surface area contributed by atoms with Gasteiger partial charge in [-0.25, -0.2) is 12.8 Å². The number of carbonyl (C=O) groups excluding carboxylic acids is 1. The minimum absolute atomic E-state index is 0.239. The number of ether oxygens (including phenoxy) is 1. The van der Waals surface area contributed by atoms with Gasteiger partial charge in [-0.15, -0.1) is 0 Å². The molecule has 2 rings (SSSR count). The second kappa shape index (κ2) is 6.70. The van der Waals surface area contributed by atoms with E-state index in [4.69, 9.17) is 4.74 Å². The molecule has 2 aromatic rings. The molecule has 2 aromatic carbocycles. The summed E-state index contributed by atoms with van der Waals surface area (Å²) in [7, 11) is -4.01. The predicted octanol–water partition coefficient (Wildman–Crippen LogP) is 2.88. The normalized spacial score (nSPS) is 11.2. The third kappa shape index (κ3) is 3.71. The van der Waals surface area contributed by atoms with Crippen LogP contribution in [0, 0.1) is 5.82 Å². The van der Waals surface area contributed by atoms with Crippen LogP contribution in [0.3, 0.4) is 0 Å². The first-order chi connectivity index (χ1) is 10.4. The van der Waals surface area contributed by atoms with Gasteiger partial charge in [0.05, 0.1) is 6.61 Å². The molecule has 0 unspecified atom stereocenters. The number of hydrogen-bond donors (Lipinski definition) is 0. The maximum absolute atomic E-state index is 13.6. The summed E-state index contributed by atoms with van der Waals surface area (Å²) in [5.74, 6) is -1.63. The number of Topliss-reactive ketones (excluding diaryl/α,β-unsaturated/α-hetero) is 1. The Balaban J connectivity index is 2.19. The SMILES string of the molecule is CCOc1ccc(C(=O)CS(=O)(=O)c2ccccc2F)cc1. The zero-order valence-corrected chi connectivity index (χ0v) is 12.8. The van der Waals surface area contributed by atoms with Crippen molar-refractivity contribution >= 4 is 15.6 Å². The largest absolute Gasteiger partial charge is 0.494 e. The molecule has 0 aliphatic carbocycles. The van der Waals surface area contributed by atoms with Crippen LogP contribution in [0.1, 0.15) is 17.3 Å². The lowest BCUT2D eigenvalue weighted by Crippen LogP contribution is -2.17. The number of hydrogen-bond acceptors (Lipinski definition) is 4. The maximum atomic E-state index is 13.6. The molecule has 0 radical (unpaired) electrons. The zero-order chi connectivity index (χ0) is 16.2. The van der Waals surface area contributed by atoms with Gasteiger partial charge in [0.15, 0.2) is 15.6 Å². The van der Waals surface area contributed by atoms with Gasteiger partial charge < -0.3 is 4.74 Å². The van der Waals surface area contributed by atoms with Gasteiger partial charge in [0.1, 0.15) is 22.2 Å². The van der Waals surface area contributed by atoms with Gasteiger partial charge in [-0.1, -0.05) is 12.1 Å². The van der Waals surface area contributed by atoms with Gasteiger partial charge in [-0.2, -0.15) is 0 Å². The number of ketones is 1. The molecule has 0 aliphatic rings. The van der Waals surface area contributed by atoms with Crippen LogP contribution in [0.4, 0.5) is 4.39 Å². The van der Waals surface area contributed by atoms with Crippen molar-refractivity contribution in [3.63, 3.8) is 0 Å². The summed E-state index contributed by atoms with van der Waals surface area (Å²) in [6.07, 6.45) is 0. The van der Waals surface area contributed by atoms with Crippen LogP contribution in [-0.4, -0.2) is 26.6 Å². The van der Waals surface area contributed by atoms with E-state index in [1.165, 1.54) is 24.3 Å². The second-order valence-electron chi connectivity index (χ2n) is 4.57. The van der Waals surface area contributed by atoms with Crippen molar-refractivity contribution in [2.45, 2.75) is 11.8 Å². The van der Waals surface area contributed by atoms with Crippen molar-refractivity contribution in [1.29, 1.82) is 0 Å². The van der Waals surface area contributed by atoms with Crippen molar-refractivity contribution in [2.24, 2.45) is 0 Å². The smallest absolute Gasteiger partial charge is 0.188 e. The topological polar surface area (TPSA) is 60.4 Å². The molecule has 0 atom stereocenters. The molecule has 0 spiro atoms. The molecule has 6 heteroatoms. The molecule has 0 bridgehead atoms. The average molecular weight is 322 g/mol. The van der Waals surface area contributed by atoms with E-state index in [2.05, 4.69) is 0 Å². The molecule has 0 aliphatic heterocycles. The number of sulfone groups is 1. The van der Waals surface area contributed by atoms with Crippen LogP contribution in [0.25, 0.3) is 0 Å². The van der Waals surface area contributed by atoms with Crippen LogP contribution in [0.2, 0.25) is 0 Å². The third-order valence-corrected chi connectivity index (χ3v) is 4.62. The lowest BCUT2D eigenvalue weighted by atomic mass is 10.1. The fraction of sp³-hybridized carbons (Fsp3) is 0.188. The zero-order valence-electron chi connectivity index (χ0n) is 12.0. The Labute approximate surface area is 128 Å². The Hall–Kier alpha value is -2.21. The Morgan fingerprint density at radius 1 is 1.09 bits per heavy atom. The van der Waals surface area contributed by atoms with E-state index in [9.17, 15) is 17.6 Å². The second-order valence-corrected chi connectivity index (χ2v) is 6.53. The van der Waals surface area contributed by atoms with Crippen LogP contribution in [0.5, 0.6) is 5.75 Å². The van der Waals surface area contributed by atoms with Crippen molar-refractivity contribution in [2.75, 3.05) is 12.4 Å². The minimum Gasteiger partial charge on any atom is -0.494 e. The maximum Gasteiger partial charge on any atom is 0.188 e. The molecular weight excluding hydrogens is 307 g/mol. The Morgan fingerprint density at radius 2 is 1.73 bits per heavy atom. The van der Waals surface area contributed by atoms with Gasteiger partial charge >= 0.3 is 0 Å². The quantitative estimate of drug-likeness (QED) is 0.767. The highest BCUT2D eigenvalue weighted by Crippen LogP contribution is 2.18. The molecule has 116 valence electrons. The van der Waals surface area contributed by atoms with E-state index in [0.29, 0.717) is 12.4 Å². The summed E-state index contributed by atoms with van der Waals surface area (Å²) in [6.45, 7) is 2.33. The van der Waals surface area contributed by atoms with Gasteiger partial charge in [0, 0.05) is 5.56 Å². The van der Waals surface area contributed by atoms with Crippen molar-refractivity contribution in [3.8, 4) is 5.75 Å². The first-order valence-corrected chi connectivity index (χ1v) is 8.32. The van der Waals surface area contributed by atoms with E-state index < -0.39 is 32.1 Å². The highest BCUT2D eigenvalue weighted by atomic mass is 32.2. The molecular formula is C16H15FO4S. The lowest BCUT2D eigenvalue weighted by Gasteiger charge is -2.06. The highest BCUT2D eigenvalue weighted by molar-refractivity contribution is 7.92. The fourth-order valence-corrected chi connectivity index (χ4v) is 3.25. The Kier molecular flexibility index (Phi) is 4.92. The number of rotatable bonds is 6. The standard InChI is InChI=1S/C16H15FO4S/c1-2-21-13-9-7-12(8-10-13)15(18)11-22(19,20)16-6-4-3-5-14(16)17/h3-10H,2,11H2,1H3. The molecule has 0 saturated carbocycles. The first kappa shape index (κ1) is 16.2. The highest BCUT2D eigenvalue weighted by Gasteiger charge is 2.23. The van der Waals surface area contributed by atoms with Crippen LogP contribution >= 0.6 is 0 Å². The van der Waals surface area contributed by atoms with Crippen LogP contribution in [0.15, 0.2) is 53.4 Å². The average Bonchev–Trinajstić information content (AvgIpc) is 2.48. The van der Waals surface area contributed by atoms with E-state index in [1.54, 1.807) is 12.1 Å². The molecule has 0 fully saturated rings. The van der Waals surface area contributed by atoms with Crippen molar-refractivity contribution in [3.05, 3.63) is 59.9 Å². The predicted molar refractivity (Wildman–Crippen MR) is 80.4 cm³/mol. The molecule has 4 nitrogen and oxygen atoms in total. The number of carbonyl (C=O) groups is 1. The van der Waals surface area contributed by atoms with Gasteiger partial charge in [-0.3, -0.25) is 4.79 Å². The van der Waals surface area contributed by atoms with E-state index >= 15 is 0 Å². The monoisotopic (exact) mass is 322 g/mol. The summed E-state index contributed by atoms with van der Waals surface area (Å²) in [4.78, 5) is 11.6. The van der Waals surface area contributed by atoms with Gasteiger partial charge in [0.25, 0.3) is 0 Å². The molecule has 22 heavy (non-hydrogen) atoms. The van der Waals surface area contributed by atoms with Crippen molar-refractivity contribution < 1.29 is 22.3 Å². The summed E-state index contributed by atoms with van der Waals surface area (Å²) in [6, 6.07) is 11.2. The summed E-state index contributed by atoms with van der Waals surface area (Å²) < 4.78 is 43.1. The molecule has 0 aromatic heterocycles. The van der Waals surface area contributed by atoms with Crippen molar-refractivity contribution in [1.82, 2.24) is 0 Å². The van der Waals surface area contributed by atoms with E-state index in [0.717, 1.165) is 12.1 Å². The Morgan fingerprint density at radius 3 is 2.32 bits per heavy atom. The fourth-order valence-electron chi connectivity index (χ4n) is 1.93. The first-order valence-electron chi connectivity index (χ1n) is 6.67. The molecule has 0 N–H and O–H groups in total. The van der Waals surface area contributed by atoms with Gasteiger partial charge in [0.2, 0.25) is 0 Å². The lowest BCUT2D eigenvalue weighted by molar-refractivity contribution is 0.102.